The van der Waals surface area contributed by atoms with E-state index in [-0.39, 0.29) is 0 Å². The topological polar surface area (TPSA) is 79.8 Å². The number of ether oxygens (including phenoxy) is 1. The largest absolute Gasteiger partial charge is 0.494 e. The first-order chi connectivity index (χ1) is 9.67. The second-order valence-electron chi connectivity index (χ2n) is 4.05. The van der Waals surface area contributed by atoms with E-state index in [4.69, 9.17) is 4.74 Å². The van der Waals surface area contributed by atoms with Crippen LogP contribution in [0.2, 0.25) is 0 Å². The van der Waals surface area contributed by atoms with Gasteiger partial charge < -0.3 is 10.1 Å². The molecule has 0 unspecified atom stereocenters. The summed E-state index contributed by atoms with van der Waals surface area (Å²) in [5.41, 5.74) is 2.92. The van der Waals surface area contributed by atoms with E-state index in [1.807, 2.05) is 24.3 Å². The molecule has 0 aliphatic carbocycles. The van der Waals surface area contributed by atoms with Gasteiger partial charge in [0.25, 0.3) is 0 Å². The Morgan fingerprint density at radius 1 is 1.25 bits per heavy atom. The van der Waals surface area contributed by atoms with E-state index in [0.29, 0.717) is 6.61 Å². The van der Waals surface area contributed by atoms with Crippen LogP contribution in [0.5, 0.6) is 5.75 Å². The lowest BCUT2D eigenvalue weighted by atomic mass is 10.2. The van der Waals surface area contributed by atoms with E-state index in [9.17, 15) is 9.59 Å². The molecule has 0 aliphatic heterocycles. The standard InChI is InChI=1S/C14H19N3O3/c1-3-4-9-20-12-7-5-11(6-8-12)10-16-17-14(19)13(18)15-2/h5-8,10H,3-4,9H2,1-2H3,(H,15,18)(H,17,19)/b16-10-. The van der Waals surface area contributed by atoms with Crippen molar-refractivity contribution in [3.05, 3.63) is 29.8 Å². The molecule has 0 saturated heterocycles. The van der Waals surface area contributed by atoms with Crippen LogP contribution in [0.15, 0.2) is 29.4 Å². The van der Waals surface area contributed by atoms with Gasteiger partial charge >= 0.3 is 11.8 Å². The lowest BCUT2D eigenvalue weighted by molar-refractivity contribution is -0.138. The molecule has 108 valence electrons. The van der Waals surface area contributed by atoms with Crippen LogP contribution in [-0.4, -0.2) is 31.7 Å². The zero-order chi connectivity index (χ0) is 14.8. The fourth-order valence-corrected chi connectivity index (χ4v) is 1.31. The summed E-state index contributed by atoms with van der Waals surface area (Å²) >= 11 is 0. The number of amides is 2. The Labute approximate surface area is 118 Å². The number of likely N-dealkylation sites (N-methyl/N-ethyl adjacent to an activating group) is 1. The van der Waals surface area contributed by atoms with E-state index in [1.54, 1.807) is 0 Å². The van der Waals surface area contributed by atoms with Gasteiger partial charge in [0.05, 0.1) is 12.8 Å². The van der Waals surface area contributed by atoms with Crippen molar-refractivity contribution in [3.8, 4) is 5.75 Å². The number of rotatable bonds is 6. The minimum atomic E-state index is -0.803. The van der Waals surface area contributed by atoms with Gasteiger partial charge in [-0.25, -0.2) is 5.43 Å². The summed E-state index contributed by atoms with van der Waals surface area (Å²) in [7, 11) is 1.38. The van der Waals surface area contributed by atoms with Crippen LogP contribution in [-0.2, 0) is 9.59 Å². The van der Waals surface area contributed by atoms with Gasteiger partial charge in [0.1, 0.15) is 5.75 Å². The first-order valence-corrected chi connectivity index (χ1v) is 6.45. The smallest absolute Gasteiger partial charge is 0.329 e. The molecule has 1 aromatic rings. The van der Waals surface area contributed by atoms with Gasteiger partial charge in [-0.3, -0.25) is 9.59 Å². The SMILES string of the molecule is CCCCOc1ccc(/C=N\NC(=O)C(=O)NC)cc1. The fraction of sp³-hybridized carbons (Fsp3) is 0.357. The minimum Gasteiger partial charge on any atom is -0.494 e. The predicted octanol–water partition coefficient (Wildman–Crippen LogP) is 1.06. The summed E-state index contributed by atoms with van der Waals surface area (Å²) in [5, 5.41) is 5.89. The van der Waals surface area contributed by atoms with Crippen molar-refractivity contribution in [1.82, 2.24) is 10.7 Å². The van der Waals surface area contributed by atoms with Gasteiger partial charge in [-0.05, 0) is 36.2 Å². The van der Waals surface area contributed by atoms with Gasteiger partial charge in [-0.2, -0.15) is 5.10 Å². The molecule has 0 fully saturated rings. The molecule has 0 bridgehead atoms. The maximum atomic E-state index is 11.1. The second-order valence-corrected chi connectivity index (χ2v) is 4.05. The van der Waals surface area contributed by atoms with Gasteiger partial charge in [0.2, 0.25) is 0 Å². The number of unbranched alkanes of at least 4 members (excludes halogenated alkanes) is 1. The Hall–Kier alpha value is -2.37. The van der Waals surface area contributed by atoms with Gasteiger partial charge in [-0.1, -0.05) is 13.3 Å². The molecule has 0 radical (unpaired) electrons. The van der Waals surface area contributed by atoms with Gasteiger partial charge in [0, 0.05) is 7.05 Å². The Morgan fingerprint density at radius 2 is 1.95 bits per heavy atom. The van der Waals surface area contributed by atoms with Crippen molar-refractivity contribution in [3.63, 3.8) is 0 Å². The lowest BCUT2D eigenvalue weighted by Crippen LogP contribution is -2.35. The molecular formula is C14H19N3O3. The highest BCUT2D eigenvalue weighted by Crippen LogP contribution is 2.11. The minimum absolute atomic E-state index is 0.701. The highest BCUT2D eigenvalue weighted by Gasteiger charge is 2.08. The average Bonchev–Trinajstić information content (AvgIpc) is 2.48. The molecule has 2 amide bonds. The van der Waals surface area contributed by atoms with Crippen molar-refractivity contribution >= 4 is 18.0 Å². The van der Waals surface area contributed by atoms with Crippen LogP contribution >= 0.6 is 0 Å². The van der Waals surface area contributed by atoms with Crippen molar-refractivity contribution in [1.29, 1.82) is 0 Å². The third kappa shape index (κ3) is 5.51. The molecule has 1 aromatic carbocycles. The number of benzene rings is 1. The van der Waals surface area contributed by atoms with Gasteiger partial charge in [-0.15, -0.1) is 0 Å². The van der Waals surface area contributed by atoms with Crippen LogP contribution < -0.4 is 15.5 Å². The van der Waals surface area contributed by atoms with Crippen molar-refractivity contribution < 1.29 is 14.3 Å². The molecule has 1 rings (SSSR count). The molecule has 0 aromatic heterocycles. The second kappa shape index (κ2) is 8.68. The van der Waals surface area contributed by atoms with Crippen LogP contribution in [0, 0.1) is 0 Å². The molecule has 6 heteroatoms. The van der Waals surface area contributed by atoms with Crippen LogP contribution in [0.3, 0.4) is 0 Å². The third-order valence-electron chi connectivity index (χ3n) is 2.46. The number of hydrogen-bond acceptors (Lipinski definition) is 4. The predicted molar refractivity (Wildman–Crippen MR) is 76.6 cm³/mol. The summed E-state index contributed by atoms with van der Waals surface area (Å²) in [6.07, 6.45) is 3.57. The van der Waals surface area contributed by atoms with Crippen LogP contribution in [0.1, 0.15) is 25.3 Å². The maximum Gasteiger partial charge on any atom is 0.329 e. The molecule has 0 saturated carbocycles. The first-order valence-electron chi connectivity index (χ1n) is 6.45. The fourth-order valence-electron chi connectivity index (χ4n) is 1.31. The van der Waals surface area contributed by atoms with E-state index >= 15 is 0 Å². The Bertz CT molecular complexity index is 469. The Morgan fingerprint density at radius 3 is 2.55 bits per heavy atom. The first kappa shape index (κ1) is 15.7. The zero-order valence-electron chi connectivity index (χ0n) is 11.7. The number of nitrogens with zero attached hydrogens (tertiary/aromatic N) is 1. The summed E-state index contributed by atoms with van der Waals surface area (Å²) in [6, 6.07) is 7.29. The molecule has 20 heavy (non-hydrogen) atoms. The number of hydrazone groups is 1. The van der Waals surface area contributed by atoms with E-state index in [2.05, 4.69) is 22.8 Å². The average molecular weight is 277 g/mol. The maximum absolute atomic E-state index is 11.1. The highest BCUT2D eigenvalue weighted by atomic mass is 16.5. The molecule has 6 nitrogen and oxygen atoms in total. The zero-order valence-corrected chi connectivity index (χ0v) is 11.7. The van der Waals surface area contributed by atoms with Crippen molar-refractivity contribution in [2.24, 2.45) is 5.10 Å². The summed E-state index contributed by atoms with van der Waals surface area (Å²) in [4.78, 5) is 22.0. The molecule has 0 spiro atoms. The van der Waals surface area contributed by atoms with E-state index in [0.717, 1.165) is 24.2 Å². The summed E-state index contributed by atoms with van der Waals surface area (Å²) < 4.78 is 5.52. The van der Waals surface area contributed by atoms with E-state index in [1.165, 1.54) is 13.3 Å². The molecular weight excluding hydrogens is 258 g/mol. The monoisotopic (exact) mass is 277 g/mol. The van der Waals surface area contributed by atoms with Gasteiger partial charge in [0.15, 0.2) is 0 Å². The summed E-state index contributed by atoms with van der Waals surface area (Å²) in [6.45, 7) is 2.81. The quantitative estimate of drug-likeness (QED) is 0.353. The molecule has 0 aliphatic rings. The van der Waals surface area contributed by atoms with E-state index < -0.39 is 11.8 Å². The number of carbonyl (C=O) groups is 2. The van der Waals surface area contributed by atoms with Crippen molar-refractivity contribution in [2.75, 3.05) is 13.7 Å². The lowest BCUT2D eigenvalue weighted by Gasteiger charge is -2.04. The van der Waals surface area contributed by atoms with Crippen molar-refractivity contribution in [2.45, 2.75) is 19.8 Å². The molecule has 2 N–H and O–H groups in total. The molecule has 0 heterocycles. The highest BCUT2D eigenvalue weighted by molar-refractivity contribution is 6.34. The number of hydrogen-bond donors (Lipinski definition) is 2. The Kier molecular flexibility index (Phi) is 6.81. The van der Waals surface area contributed by atoms with Crippen LogP contribution in [0.25, 0.3) is 0 Å². The third-order valence-corrected chi connectivity index (χ3v) is 2.46. The molecule has 0 atom stereocenters. The number of carbonyl (C=O) groups excluding carboxylic acids is 2. The summed E-state index contributed by atoms with van der Waals surface area (Å²) in [5.74, 6) is -0.741. The Balaban J connectivity index is 2.44. The normalized spacial score (nSPS) is 10.3. The van der Waals surface area contributed by atoms with Crippen LogP contribution in [0.4, 0.5) is 0 Å². The number of nitrogens with one attached hydrogen (secondary N) is 2.